The van der Waals surface area contributed by atoms with Crippen molar-refractivity contribution in [1.29, 1.82) is 0 Å². The third kappa shape index (κ3) is 4.35. The Morgan fingerprint density at radius 2 is 1.88 bits per heavy atom. The van der Waals surface area contributed by atoms with Gasteiger partial charge in [0, 0.05) is 15.6 Å². The highest BCUT2D eigenvalue weighted by Gasteiger charge is 2.18. The molecule has 8 nitrogen and oxygen atoms in total. The minimum absolute atomic E-state index is 0.249. The summed E-state index contributed by atoms with van der Waals surface area (Å²) in [5.74, 6) is 0.329. The second-order valence-electron chi connectivity index (χ2n) is 7.34. The Bertz CT molecular complexity index is 1580. The summed E-state index contributed by atoms with van der Waals surface area (Å²) in [5, 5.41) is 8.33. The molecule has 0 radical (unpaired) electrons. The number of hydrogen-bond donors (Lipinski definition) is 1. The maximum Gasteiger partial charge on any atom is 0.351 e. The fourth-order valence-electron chi connectivity index (χ4n) is 3.49. The van der Waals surface area contributed by atoms with Crippen LogP contribution in [0.15, 0.2) is 87.5 Å². The number of rotatable bonds is 6. The van der Waals surface area contributed by atoms with Crippen LogP contribution >= 0.6 is 23.4 Å². The summed E-state index contributed by atoms with van der Waals surface area (Å²) in [6, 6.07) is 21.6. The van der Waals surface area contributed by atoms with Crippen LogP contribution in [0.5, 0.6) is 5.75 Å². The zero-order chi connectivity index (χ0) is 23.7. The molecule has 5 aromatic rings. The van der Waals surface area contributed by atoms with Gasteiger partial charge in [-0.2, -0.15) is 0 Å². The lowest BCUT2D eigenvalue weighted by Gasteiger charge is -2.07. The van der Waals surface area contributed by atoms with Crippen molar-refractivity contribution in [3.05, 3.63) is 88.3 Å². The van der Waals surface area contributed by atoms with Crippen LogP contribution in [0.25, 0.3) is 16.7 Å². The van der Waals surface area contributed by atoms with Crippen LogP contribution in [0.2, 0.25) is 5.02 Å². The van der Waals surface area contributed by atoms with Gasteiger partial charge in [0.1, 0.15) is 17.3 Å². The Hall–Kier alpha value is -3.82. The summed E-state index contributed by atoms with van der Waals surface area (Å²) < 4.78 is 7.94. The lowest BCUT2D eigenvalue weighted by molar-refractivity contribution is -0.117. The van der Waals surface area contributed by atoms with E-state index in [-0.39, 0.29) is 12.5 Å². The number of anilines is 1. The maximum absolute atomic E-state index is 13.3. The summed E-state index contributed by atoms with van der Waals surface area (Å²) in [7, 11) is 1.60. The van der Waals surface area contributed by atoms with Crippen LogP contribution in [0.3, 0.4) is 0 Å². The van der Waals surface area contributed by atoms with E-state index in [2.05, 4.69) is 10.4 Å². The van der Waals surface area contributed by atoms with E-state index < -0.39 is 5.69 Å². The molecule has 0 spiro atoms. The van der Waals surface area contributed by atoms with E-state index in [9.17, 15) is 9.59 Å². The number of fused-ring (bicyclic) bond motifs is 3. The average Bonchev–Trinajstić information content (AvgIpc) is 3.17. The van der Waals surface area contributed by atoms with Gasteiger partial charge in [-0.3, -0.25) is 4.79 Å². The Morgan fingerprint density at radius 3 is 2.68 bits per heavy atom. The van der Waals surface area contributed by atoms with Gasteiger partial charge in [-0.15, -0.1) is 5.10 Å². The Kier molecular flexibility index (Phi) is 5.95. The normalized spacial score (nSPS) is 11.1. The topological polar surface area (TPSA) is 90.5 Å². The number of ether oxygens (including phenoxy) is 1. The summed E-state index contributed by atoms with van der Waals surface area (Å²) in [6.45, 7) is -0.249. The Labute approximate surface area is 203 Å². The Morgan fingerprint density at radius 1 is 1.09 bits per heavy atom. The molecule has 0 saturated heterocycles. The van der Waals surface area contributed by atoms with Crippen molar-refractivity contribution in [2.24, 2.45) is 0 Å². The number of nitrogens with one attached hydrogen (secondary N) is 1. The quantitative estimate of drug-likeness (QED) is 0.376. The zero-order valence-electron chi connectivity index (χ0n) is 17.9. The van der Waals surface area contributed by atoms with E-state index in [4.69, 9.17) is 21.3 Å². The van der Waals surface area contributed by atoms with Gasteiger partial charge in [0.15, 0.2) is 5.65 Å². The van der Waals surface area contributed by atoms with Gasteiger partial charge in [0.05, 0.1) is 18.1 Å². The van der Waals surface area contributed by atoms with Crippen molar-refractivity contribution in [2.75, 3.05) is 12.4 Å². The van der Waals surface area contributed by atoms with Crippen molar-refractivity contribution in [3.63, 3.8) is 0 Å². The highest BCUT2D eigenvalue weighted by atomic mass is 35.5. The molecule has 1 N–H and O–H groups in total. The smallest absolute Gasteiger partial charge is 0.351 e. The van der Waals surface area contributed by atoms with Gasteiger partial charge in [0.25, 0.3) is 0 Å². The monoisotopic (exact) mass is 491 g/mol. The predicted molar refractivity (Wildman–Crippen MR) is 132 cm³/mol. The molecule has 170 valence electrons. The standard InChI is InChI=1S/C24H18ClN5O3S/c1-33-17-5-4-6-18(13-17)34-23-22-28-29(14-21(31)26-16-11-9-15(25)10-12-16)24(32)30(22)20-8-3-2-7-19(20)27-23/h2-13H,14H2,1H3,(H,26,31). The number of para-hydroxylation sites is 2. The molecule has 0 unspecified atom stereocenters. The molecule has 5 rings (SSSR count). The number of carbonyl (C=O) groups is 1. The van der Waals surface area contributed by atoms with E-state index in [1.54, 1.807) is 37.4 Å². The van der Waals surface area contributed by atoms with Crippen molar-refractivity contribution >= 4 is 51.6 Å². The molecule has 0 aliphatic heterocycles. The van der Waals surface area contributed by atoms with Gasteiger partial charge in [0.2, 0.25) is 5.91 Å². The molecule has 3 aromatic carbocycles. The lowest BCUT2D eigenvalue weighted by atomic mass is 10.3. The number of nitrogens with zero attached hydrogens (tertiary/aromatic N) is 4. The van der Waals surface area contributed by atoms with Crippen LogP contribution in [-0.4, -0.2) is 32.2 Å². The van der Waals surface area contributed by atoms with Crippen molar-refractivity contribution in [1.82, 2.24) is 19.2 Å². The summed E-state index contributed by atoms with van der Waals surface area (Å²) in [5.41, 5.74) is 1.78. The third-order valence-electron chi connectivity index (χ3n) is 5.05. The van der Waals surface area contributed by atoms with E-state index in [0.717, 1.165) is 9.58 Å². The second-order valence-corrected chi connectivity index (χ2v) is 8.84. The summed E-state index contributed by atoms with van der Waals surface area (Å²) in [4.78, 5) is 31.5. The molecule has 2 heterocycles. The van der Waals surface area contributed by atoms with Gasteiger partial charge in [-0.05, 0) is 54.6 Å². The first kappa shape index (κ1) is 22.0. The van der Waals surface area contributed by atoms with Crippen LogP contribution in [0, 0.1) is 0 Å². The van der Waals surface area contributed by atoms with E-state index in [0.29, 0.717) is 38.2 Å². The minimum atomic E-state index is -0.424. The van der Waals surface area contributed by atoms with Crippen LogP contribution in [-0.2, 0) is 11.3 Å². The van der Waals surface area contributed by atoms with E-state index in [1.807, 2.05) is 42.5 Å². The minimum Gasteiger partial charge on any atom is -0.497 e. The van der Waals surface area contributed by atoms with Crippen LogP contribution < -0.4 is 15.7 Å². The number of carbonyl (C=O) groups excluding carboxylic acids is 1. The average molecular weight is 492 g/mol. The maximum atomic E-state index is 13.3. The molecule has 0 aliphatic rings. The molecule has 0 atom stereocenters. The van der Waals surface area contributed by atoms with Gasteiger partial charge in [-0.1, -0.05) is 41.6 Å². The van der Waals surface area contributed by atoms with E-state index >= 15 is 0 Å². The molecule has 0 fully saturated rings. The number of halogens is 1. The summed E-state index contributed by atoms with van der Waals surface area (Å²) >= 11 is 7.26. The third-order valence-corrected chi connectivity index (χ3v) is 6.26. The first-order valence-corrected chi connectivity index (χ1v) is 11.5. The predicted octanol–water partition coefficient (Wildman–Crippen LogP) is 4.50. The number of methoxy groups -OCH3 is 1. The highest BCUT2D eigenvalue weighted by Crippen LogP contribution is 2.32. The molecule has 1 amide bonds. The Balaban J connectivity index is 1.55. The van der Waals surface area contributed by atoms with Gasteiger partial charge < -0.3 is 10.1 Å². The van der Waals surface area contributed by atoms with Crippen molar-refractivity contribution in [3.8, 4) is 5.75 Å². The number of benzene rings is 3. The molecular weight excluding hydrogens is 474 g/mol. The number of amides is 1. The molecule has 34 heavy (non-hydrogen) atoms. The molecule has 10 heteroatoms. The SMILES string of the molecule is COc1cccc(Sc2nc3ccccc3n3c(=O)n(CC(=O)Nc4ccc(Cl)cc4)nc23)c1. The molecule has 2 aromatic heterocycles. The lowest BCUT2D eigenvalue weighted by Crippen LogP contribution is -2.28. The number of hydrogen-bond acceptors (Lipinski definition) is 6. The fraction of sp³-hybridized carbons (Fsp3) is 0.0833. The highest BCUT2D eigenvalue weighted by molar-refractivity contribution is 7.99. The second kappa shape index (κ2) is 9.20. The first-order chi connectivity index (χ1) is 16.5. The van der Waals surface area contributed by atoms with Crippen LogP contribution in [0.1, 0.15) is 0 Å². The largest absolute Gasteiger partial charge is 0.497 e. The fourth-order valence-corrected chi connectivity index (χ4v) is 4.53. The summed E-state index contributed by atoms with van der Waals surface area (Å²) in [6.07, 6.45) is 0. The van der Waals surface area contributed by atoms with Crippen LogP contribution in [0.4, 0.5) is 5.69 Å². The first-order valence-electron chi connectivity index (χ1n) is 10.3. The van der Waals surface area contributed by atoms with Crippen molar-refractivity contribution < 1.29 is 9.53 Å². The zero-order valence-corrected chi connectivity index (χ0v) is 19.5. The van der Waals surface area contributed by atoms with Crippen molar-refractivity contribution in [2.45, 2.75) is 16.5 Å². The molecule has 0 aliphatic carbocycles. The van der Waals surface area contributed by atoms with Gasteiger partial charge >= 0.3 is 5.69 Å². The van der Waals surface area contributed by atoms with Gasteiger partial charge in [-0.25, -0.2) is 18.9 Å². The molecular formula is C24H18ClN5O3S. The molecule has 0 saturated carbocycles. The van der Waals surface area contributed by atoms with E-state index in [1.165, 1.54) is 16.2 Å². The molecule has 0 bridgehead atoms. The number of aromatic nitrogens is 4.